The van der Waals surface area contributed by atoms with Crippen LogP contribution in [0.15, 0.2) is 18.2 Å². The third kappa shape index (κ3) is 5.37. The molecule has 0 spiro atoms. The number of aromatic hydroxyl groups is 1. The Morgan fingerprint density at radius 1 is 1.32 bits per heavy atom. The van der Waals surface area contributed by atoms with Crippen LogP contribution in [0.1, 0.15) is 18.4 Å². The molecule has 0 fully saturated rings. The Labute approximate surface area is 109 Å². The topological polar surface area (TPSA) is 66.4 Å². The summed E-state index contributed by atoms with van der Waals surface area (Å²) in [6.45, 7) is 1.58. The molecule has 0 aliphatic heterocycles. The van der Waals surface area contributed by atoms with Gasteiger partial charge in [0.25, 0.3) is 0 Å². The number of sulfonamides is 1. The Kier molecular flexibility index (Phi) is 4.67. The Bertz CT molecular complexity index is 541. The number of phenolic OH excluding ortho intramolecular Hbond substituents is 1. The zero-order valence-corrected chi connectivity index (χ0v) is 11.0. The van der Waals surface area contributed by atoms with E-state index in [1.807, 2.05) is 0 Å². The van der Waals surface area contributed by atoms with Crippen molar-refractivity contribution >= 4 is 15.7 Å². The molecule has 0 aliphatic rings. The predicted molar refractivity (Wildman–Crippen MR) is 65.5 cm³/mol. The van der Waals surface area contributed by atoms with E-state index in [0.29, 0.717) is 5.56 Å². The summed E-state index contributed by atoms with van der Waals surface area (Å²) in [7, 11) is -3.91. The molecule has 2 N–H and O–H groups in total. The number of alkyl halides is 3. The highest BCUT2D eigenvalue weighted by Crippen LogP contribution is 2.28. The Morgan fingerprint density at radius 2 is 1.95 bits per heavy atom. The second-order valence-corrected chi connectivity index (χ2v) is 5.95. The molecule has 0 saturated carbocycles. The number of aryl methyl sites for hydroxylation is 1. The number of halogens is 3. The molecule has 4 nitrogen and oxygen atoms in total. The lowest BCUT2D eigenvalue weighted by Crippen LogP contribution is -2.19. The molecule has 8 heteroatoms. The van der Waals surface area contributed by atoms with Gasteiger partial charge in [-0.3, -0.25) is 4.72 Å². The van der Waals surface area contributed by atoms with E-state index in [9.17, 15) is 26.7 Å². The molecule has 0 amide bonds. The number of hydrogen-bond acceptors (Lipinski definition) is 3. The van der Waals surface area contributed by atoms with Crippen LogP contribution in [0.4, 0.5) is 18.9 Å². The molecular weight excluding hydrogens is 283 g/mol. The second kappa shape index (κ2) is 5.68. The number of phenols is 1. The van der Waals surface area contributed by atoms with E-state index >= 15 is 0 Å². The summed E-state index contributed by atoms with van der Waals surface area (Å²) >= 11 is 0. The number of anilines is 1. The van der Waals surface area contributed by atoms with Crippen molar-refractivity contribution in [2.75, 3.05) is 10.5 Å². The molecule has 0 unspecified atom stereocenters. The molecule has 108 valence electrons. The van der Waals surface area contributed by atoms with Crippen molar-refractivity contribution in [1.29, 1.82) is 0 Å². The maximum absolute atomic E-state index is 11.9. The third-order valence-electron chi connectivity index (χ3n) is 2.38. The van der Waals surface area contributed by atoms with Crippen molar-refractivity contribution in [3.63, 3.8) is 0 Å². The molecule has 0 heterocycles. The zero-order chi connectivity index (χ0) is 14.7. The van der Waals surface area contributed by atoms with Crippen LogP contribution in [0.5, 0.6) is 5.75 Å². The number of nitrogens with one attached hydrogen (secondary N) is 1. The van der Waals surface area contributed by atoms with Gasteiger partial charge in [-0.1, -0.05) is 12.1 Å². The predicted octanol–water partition coefficient (Wildman–Crippen LogP) is 2.78. The summed E-state index contributed by atoms with van der Waals surface area (Å²) in [4.78, 5) is 0. The maximum atomic E-state index is 11.9. The Hall–Kier alpha value is -1.44. The number of hydrogen-bond donors (Lipinski definition) is 2. The largest absolute Gasteiger partial charge is 0.505 e. The Morgan fingerprint density at radius 3 is 2.53 bits per heavy atom. The fraction of sp³-hybridized carbons (Fsp3) is 0.455. The zero-order valence-electron chi connectivity index (χ0n) is 10.2. The van der Waals surface area contributed by atoms with Crippen LogP contribution in [0, 0.1) is 6.92 Å². The quantitative estimate of drug-likeness (QED) is 0.821. The summed E-state index contributed by atoms with van der Waals surface area (Å²) in [6, 6.07) is 4.45. The van der Waals surface area contributed by atoms with Crippen LogP contribution >= 0.6 is 0 Å². The second-order valence-electron chi connectivity index (χ2n) is 4.11. The van der Waals surface area contributed by atoms with Crippen LogP contribution in [-0.4, -0.2) is 25.5 Å². The highest BCUT2D eigenvalue weighted by Gasteiger charge is 2.27. The van der Waals surface area contributed by atoms with Crippen LogP contribution < -0.4 is 4.72 Å². The fourth-order valence-corrected chi connectivity index (χ4v) is 2.55. The van der Waals surface area contributed by atoms with E-state index in [-0.39, 0.29) is 11.4 Å². The van der Waals surface area contributed by atoms with Gasteiger partial charge in [-0.2, -0.15) is 13.2 Å². The summed E-state index contributed by atoms with van der Waals surface area (Å²) in [5, 5.41) is 9.61. The van der Waals surface area contributed by atoms with Gasteiger partial charge >= 0.3 is 6.18 Å². The maximum Gasteiger partial charge on any atom is 0.389 e. The van der Waals surface area contributed by atoms with Gasteiger partial charge in [-0.15, -0.1) is 0 Å². The van der Waals surface area contributed by atoms with E-state index in [1.54, 1.807) is 13.0 Å². The Balaban J connectivity index is 2.67. The van der Waals surface area contributed by atoms with Crippen molar-refractivity contribution in [2.24, 2.45) is 0 Å². The number of benzene rings is 1. The lowest BCUT2D eigenvalue weighted by Gasteiger charge is -2.11. The first kappa shape index (κ1) is 15.6. The van der Waals surface area contributed by atoms with Crippen molar-refractivity contribution in [1.82, 2.24) is 0 Å². The molecule has 19 heavy (non-hydrogen) atoms. The van der Waals surface area contributed by atoms with Crippen molar-refractivity contribution < 1.29 is 26.7 Å². The average Bonchev–Trinajstić information content (AvgIpc) is 2.22. The van der Waals surface area contributed by atoms with Crippen LogP contribution in [0.25, 0.3) is 0 Å². The summed E-state index contributed by atoms with van der Waals surface area (Å²) in [6.07, 6.45) is -6.06. The van der Waals surface area contributed by atoms with Gasteiger partial charge in [0, 0.05) is 6.42 Å². The molecule has 1 rings (SSSR count). The minimum absolute atomic E-state index is 0.0352. The minimum atomic E-state index is -4.37. The molecule has 0 bridgehead atoms. The molecule has 1 aromatic rings. The van der Waals surface area contributed by atoms with Gasteiger partial charge in [0.15, 0.2) is 0 Å². The number of para-hydroxylation sites is 1. The van der Waals surface area contributed by atoms with E-state index in [4.69, 9.17) is 0 Å². The lowest BCUT2D eigenvalue weighted by molar-refractivity contribution is -0.134. The SMILES string of the molecule is Cc1cccc(NS(=O)(=O)CCCC(F)(F)F)c1O. The van der Waals surface area contributed by atoms with E-state index < -0.39 is 34.8 Å². The highest BCUT2D eigenvalue weighted by atomic mass is 32.2. The van der Waals surface area contributed by atoms with Gasteiger partial charge in [0.2, 0.25) is 10.0 Å². The lowest BCUT2D eigenvalue weighted by atomic mass is 10.2. The van der Waals surface area contributed by atoms with Gasteiger partial charge in [0.05, 0.1) is 11.4 Å². The molecule has 0 atom stereocenters. The van der Waals surface area contributed by atoms with Gasteiger partial charge in [0.1, 0.15) is 5.75 Å². The van der Waals surface area contributed by atoms with Gasteiger partial charge in [-0.05, 0) is 25.0 Å². The molecule has 0 aliphatic carbocycles. The van der Waals surface area contributed by atoms with Crippen molar-refractivity contribution in [2.45, 2.75) is 25.9 Å². The summed E-state index contributed by atoms with van der Waals surface area (Å²) in [5.41, 5.74) is 0.433. The highest BCUT2D eigenvalue weighted by molar-refractivity contribution is 7.92. The van der Waals surface area contributed by atoms with Crippen molar-refractivity contribution in [3.8, 4) is 5.75 Å². The molecular formula is C11H14F3NO3S. The molecule has 0 saturated heterocycles. The molecule has 0 radical (unpaired) electrons. The first-order valence-corrected chi connectivity index (χ1v) is 7.12. The third-order valence-corrected chi connectivity index (χ3v) is 3.73. The fourth-order valence-electron chi connectivity index (χ4n) is 1.42. The van der Waals surface area contributed by atoms with E-state index in [0.717, 1.165) is 0 Å². The molecule has 0 aromatic heterocycles. The minimum Gasteiger partial charge on any atom is -0.505 e. The van der Waals surface area contributed by atoms with E-state index in [2.05, 4.69) is 4.72 Å². The number of rotatable bonds is 5. The monoisotopic (exact) mass is 297 g/mol. The molecule has 1 aromatic carbocycles. The van der Waals surface area contributed by atoms with Crippen molar-refractivity contribution in [3.05, 3.63) is 23.8 Å². The first-order valence-electron chi connectivity index (χ1n) is 5.46. The normalized spacial score (nSPS) is 12.4. The van der Waals surface area contributed by atoms with Gasteiger partial charge in [-0.25, -0.2) is 8.42 Å². The smallest absolute Gasteiger partial charge is 0.389 e. The van der Waals surface area contributed by atoms with Crippen LogP contribution in [0.2, 0.25) is 0 Å². The summed E-state index contributed by atoms with van der Waals surface area (Å²) in [5.74, 6) is -0.887. The van der Waals surface area contributed by atoms with Gasteiger partial charge < -0.3 is 5.11 Å². The van der Waals surface area contributed by atoms with Crippen LogP contribution in [-0.2, 0) is 10.0 Å². The van der Waals surface area contributed by atoms with Crippen LogP contribution in [0.3, 0.4) is 0 Å². The summed E-state index contributed by atoms with van der Waals surface area (Å²) < 4.78 is 60.9. The average molecular weight is 297 g/mol. The first-order chi connectivity index (χ1) is 8.61. The van der Waals surface area contributed by atoms with E-state index in [1.165, 1.54) is 12.1 Å². The standard InChI is InChI=1S/C11H14F3NO3S/c1-8-4-2-5-9(10(8)16)15-19(17,18)7-3-6-11(12,13)14/h2,4-5,15-16H,3,6-7H2,1H3.